The first-order valence-corrected chi connectivity index (χ1v) is 11.0. The third-order valence-electron chi connectivity index (χ3n) is 5.98. The van der Waals surface area contributed by atoms with Gasteiger partial charge in [-0.3, -0.25) is 22.9 Å². The molecule has 0 aliphatic carbocycles. The lowest BCUT2D eigenvalue weighted by Crippen LogP contribution is -2.39. The van der Waals surface area contributed by atoms with E-state index in [-0.39, 0.29) is 6.54 Å². The minimum absolute atomic E-state index is 0.132. The Hall–Kier alpha value is -4.53. The van der Waals surface area contributed by atoms with Crippen LogP contribution < -0.4 is 20.7 Å². The van der Waals surface area contributed by atoms with Crippen molar-refractivity contribution in [1.82, 2.24) is 23.1 Å². The van der Waals surface area contributed by atoms with E-state index in [2.05, 4.69) is 6.58 Å². The predicted octanol–water partition coefficient (Wildman–Crippen LogP) is 3.40. The van der Waals surface area contributed by atoms with Gasteiger partial charge in [0.15, 0.2) is 11.2 Å². The van der Waals surface area contributed by atoms with Crippen LogP contribution in [0.4, 0.5) is 0 Å². The van der Waals surface area contributed by atoms with E-state index in [1.807, 2.05) is 53.2 Å². The van der Waals surface area contributed by atoms with Crippen LogP contribution >= 0.6 is 0 Å². The standard InChI is InChI=1S/C26H25N5O4/c1-16(2)14-30-24(32)22-23(28(3)26(30)33)27-25-29(22)15-20(17-9-7-6-8-10-17)31(25)19-12-11-18(34-4)13-21(19)35-5/h6-13,15H,1,14H2,2-5H3. The third kappa shape index (κ3) is 3.43. The lowest BCUT2D eigenvalue weighted by atomic mass is 10.1. The second kappa shape index (κ2) is 8.35. The average Bonchev–Trinajstić information content (AvgIpc) is 3.42. The molecule has 0 fully saturated rings. The zero-order valence-corrected chi connectivity index (χ0v) is 20.0. The maximum absolute atomic E-state index is 13.5. The molecule has 0 bridgehead atoms. The molecule has 2 aromatic carbocycles. The first kappa shape index (κ1) is 22.3. The molecule has 0 saturated carbocycles. The van der Waals surface area contributed by atoms with Gasteiger partial charge in [-0.15, -0.1) is 0 Å². The molecule has 9 heteroatoms. The van der Waals surface area contributed by atoms with Crippen LogP contribution in [-0.4, -0.2) is 37.3 Å². The van der Waals surface area contributed by atoms with E-state index in [1.54, 1.807) is 38.7 Å². The van der Waals surface area contributed by atoms with E-state index in [1.165, 1.54) is 9.13 Å². The van der Waals surface area contributed by atoms with Crippen molar-refractivity contribution < 1.29 is 9.47 Å². The van der Waals surface area contributed by atoms with Crippen molar-refractivity contribution in [2.45, 2.75) is 13.5 Å². The van der Waals surface area contributed by atoms with Crippen molar-refractivity contribution in [2.24, 2.45) is 7.05 Å². The summed E-state index contributed by atoms with van der Waals surface area (Å²) >= 11 is 0. The fraction of sp³-hybridized carbons (Fsp3) is 0.192. The Balaban J connectivity index is 1.94. The lowest BCUT2D eigenvalue weighted by molar-refractivity contribution is 0.393. The van der Waals surface area contributed by atoms with Crippen molar-refractivity contribution in [1.29, 1.82) is 0 Å². The SMILES string of the molecule is C=C(C)Cn1c(=O)c2c(nc3n(-c4ccc(OC)cc4OC)c(-c4ccccc4)cn23)n(C)c1=O. The lowest BCUT2D eigenvalue weighted by Gasteiger charge is -2.14. The van der Waals surface area contributed by atoms with Crippen molar-refractivity contribution in [3.05, 3.63) is 87.7 Å². The van der Waals surface area contributed by atoms with Gasteiger partial charge in [-0.05, 0) is 19.1 Å². The van der Waals surface area contributed by atoms with Gasteiger partial charge in [-0.25, -0.2) is 4.79 Å². The molecule has 3 aromatic heterocycles. The number of aryl methyl sites for hydroxylation is 1. The molecule has 5 rings (SSSR count). The van der Waals surface area contributed by atoms with Crippen LogP contribution in [0.25, 0.3) is 33.9 Å². The number of imidazole rings is 2. The molecule has 0 amide bonds. The minimum atomic E-state index is -0.442. The topological polar surface area (TPSA) is 84.7 Å². The van der Waals surface area contributed by atoms with E-state index >= 15 is 0 Å². The van der Waals surface area contributed by atoms with Crippen molar-refractivity contribution in [2.75, 3.05) is 14.2 Å². The molecule has 178 valence electrons. The summed E-state index contributed by atoms with van der Waals surface area (Å²) in [5, 5.41) is 0. The van der Waals surface area contributed by atoms with E-state index in [4.69, 9.17) is 14.5 Å². The van der Waals surface area contributed by atoms with Gasteiger partial charge in [0.1, 0.15) is 11.5 Å². The number of rotatable bonds is 6. The third-order valence-corrected chi connectivity index (χ3v) is 5.98. The Morgan fingerprint density at radius 1 is 1.06 bits per heavy atom. The van der Waals surface area contributed by atoms with Crippen LogP contribution in [0.1, 0.15) is 6.92 Å². The van der Waals surface area contributed by atoms with E-state index in [0.717, 1.165) is 11.3 Å². The summed E-state index contributed by atoms with van der Waals surface area (Å²) in [5.74, 6) is 1.69. The van der Waals surface area contributed by atoms with Crippen LogP contribution in [-0.2, 0) is 13.6 Å². The van der Waals surface area contributed by atoms with Gasteiger partial charge in [0.2, 0.25) is 5.78 Å². The second-order valence-corrected chi connectivity index (χ2v) is 8.40. The Bertz CT molecular complexity index is 1720. The normalized spacial score (nSPS) is 11.3. The van der Waals surface area contributed by atoms with Crippen LogP contribution in [0, 0.1) is 0 Å². The van der Waals surface area contributed by atoms with Crippen LogP contribution in [0.5, 0.6) is 11.5 Å². The molecular formula is C26H25N5O4. The van der Waals surface area contributed by atoms with Crippen molar-refractivity contribution >= 4 is 16.9 Å². The molecule has 0 unspecified atom stereocenters. The van der Waals surface area contributed by atoms with E-state index in [0.29, 0.717) is 39.7 Å². The molecular weight excluding hydrogens is 446 g/mol. The smallest absolute Gasteiger partial charge is 0.332 e. The highest BCUT2D eigenvalue weighted by Gasteiger charge is 2.24. The Kier molecular flexibility index (Phi) is 5.32. The molecule has 0 aliphatic heterocycles. The first-order valence-electron chi connectivity index (χ1n) is 11.0. The zero-order valence-electron chi connectivity index (χ0n) is 20.0. The number of fused-ring (bicyclic) bond motifs is 3. The average molecular weight is 472 g/mol. The minimum Gasteiger partial charge on any atom is -0.497 e. The summed E-state index contributed by atoms with van der Waals surface area (Å²) in [6, 6.07) is 15.3. The number of methoxy groups -OCH3 is 2. The molecule has 0 N–H and O–H groups in total. The van der Waals surface area contributed by atoms with Gasteiger partial charge < -0.3 is 9.47 Å². The monoisotopic (exact) mass is 471 g/mol. The van der Waals surface area contributed by atoms with Gasteiger partial charge in [0, 0.05) is 24.9 Å². The number of allylic oxidation sites excluding steroid dienone is 1. The Morgan fingerprint density at radius 3 is 2.46 bits per heavy atom. The first-order chi connectivity index (χ1) is 16.8. The quantitative estimate of drug-likeness (QED) is 0.355. The van der Waals surface area contributed by atoms with Gasteiger partial charge in [-0.1, -0.05) is 42.5 Å². The predicted molar refractivity (Wildman–Crippen MR) is 135 cm³/mol. The van der Waals surface area contributed by atoms with Crippen molar-refractivity contribution in [3.63, 3.8) is 0 Å². The number of aromatic nitrogens is 5. The summed E-state index contributed by atoms with van der Waals surface area (Å²) in [6.45, 7) is 5.78. The fourth-order valence-corrected chi connectivity index (χ4v) is 4.33. The molecule has 0 aliphatic rings. The van der Waals surface area contributed by atoms with Gasteiger partial charge in [0.05, 0.1) is 32.1 Å². The maximum atomic E-state index is 13.5. The molecule has 9 nitrogen and oxygen atoms in total. The van der Waals surface area contributed by atoms with Gasteiger partial charge in [-0.2, -0.15) is 4.98 Å². The number of benzene rings is 2. The highest BCUT2D eigenvalue weighted by molar-refractivity contribution is 5.80. The fourth-order valence-electron chi connectivity index (χ4n) is 4.33. The number of ether oxygens (including phenoxy) is 2. The van der Waals surface area contributed by atoms with Crippen molar-refractivity contribution in [3.8, 4) is 28.4 Å². The van der Waals surface area contributed by atoms with E-state index in [9.17, 15) is 9.59 Å². The number of hydrogen-bond acceptors (Lipinski definition) is 5. The number of hydrogen-bond donors (Lipinski definition) is 0. The highest BCUT2D eigenvalue weighted by Crippen LogP contribution is 2.34. The summed E-state index contributed by atoms with van der Waals surface area (Å²) in [4.78, 5) is 31.2. The second-order valence-electron chi connectivity index (χ2n) is 8.40. The Labute approximate surface area is 200 Å². The molecule has 35 heavy (non-hydrogen) atoms. The van der Waals surface area contributed by atoms with Crippen LogP contribution in [0.2, 0.25) is 0 Å². The summed E-state index contributed by atoms with van der Waals surface area (Å²) < 4.78 is 17.3. The summed E-state index contributed by atoms with van der Waals surface area (Å²) in [6.07, 6.45) is 1.86. The maximum Gasteiger partial charge on any atom is 0.332 e. The summed E-state index contributed by atoms with van der Waals surface area (Å²) in [5.41, 5.74) is 2.90. The molecule has 5 aromatic rings. The van der Waals surface area contributed by atoms with Gasteiger partial charge in [0.25, 0.3) is 5.56 Å². The van der Waals surface area contributed by atoms with Crippen LogP contribution in [0.15, 0.2) is 76.5 Å². The Morgan fingerprint density at radius 2 is 1.80 bits per heavy atom. The largest absolute Gasteiger partial charge is 0.497 e. The molecule has 0 atom stereocenters. The van der Waals surface area contributed by atoms with Gasteiger partial charge >= 0.3 is 5.69 Å². The molecule has 3 heterocycles. The number of nitrogens with zero attached hydrogens (tertiary/aromatic N) is 5. The highest BCUT2D eigenvalue weighted by atomic mass is 16.5. The molecule has 0 spiro atoms. The molecule has 0 radical (unpaired) electrons. The summed E-state index contributed by atoms with van der Waals surface area (Å²) in [7, 11) is 4.79. The molecule has 0 saturated heterocycles. The van der Waals surface area contributed by atoms with Crippen LogP contribution in [0.3, 0.4) is 0 Å². The van der Waals surface area contributed by atoms with E-state index < -0.39 is 11.2 Å². The zero-order chi connectivity index (χ0) is 24.9.